The van der Waals surface area contributed by atoms with Crippen molar-refractivity contribution in [3.8, 4) is 5.75 Å². The number of aromatic nitrogens is 1. The van der Waals surface area contributed by atoms with E-state index in [-0.39, 0.29) is 0 Å². The molecule has 1 aromatic heterocycles. The van der Waals surface area contributed by atoms with Crippen molar-refractivity contribution in [3.05, 3.63) is 59.2 Å². The van der Waals surface area contributed by atoms with E-state index in [1.165, 1.54) is 22.4 Å². The van der Waals surface area contributed by atoms with E-state index in [1.54, 1.807) is 7.11 Å². The number of ether oxygens (including phenoxy) is 1. The normalized spacial score (nSPS) is 14.7. The SMILES string of the molecule is COc1ccc2nc(N3CCN(c4cc(C)ccc4C)CC3)cc(C)c2c1. The van der Waals surface area contributed by atoms with Crippen LogP contribution in [-0.2, 0) is 0 Å². The largest absolute Gasteiger partial charge is 0.497 e. The third kappa shape index (κ3) is 3.44. The molecule has 27 heavy (non-hydrogen) atoms. The predicted octanol–water partition coefficient (Wildman–Crippen LogP) is 4.50. The highest BCUT2D eigenvalue weighted by molar-refractivity contribution is 5.85. The highest BCUT2D eigenvalue weighted by Gasteiger charge is 2.20. The molecule has 4 rings (SSSR count). The summed E-state index contributed by atoms with van der Waals surface area (Å²) < 4.78 is 5.35. The average molecular weight is 361 g/mol. The molecule has 0 aliphatic carbocycles. The lowest BCUT2D eigenvalue weighted by molar-refractivity contribution is 0.415. The number of benzene rings is 2. The molecule has 1 fully saturated rings. The van der Waals surface area contributed by atoms with Gasteiger partial charge in [0.25, 0.3) is 0 Å². The van der Waals surface area contributed by atoms with E-state index >= 15 is 0 Å². The Morgan fingerprint density at radius 2 is 1.56 bits per heavy atom. The van der Waals surface area contributed by atoms with Crippen molar-refractivity contribution in [2.75, 3.05) is 43.1 Å². The van der Waals surface area contributed by atoms with Crippen LogP contribution in [-0.4, -0.2) is 38.3 Å². The van der Waals surface area contributed by atoms with Crippen LogP contribution < -0.4 is 14.5 Å². The first kappa shape index (κ1) is 17.7. The summed E-state index contributed by atoms with van der Waals surface area (Å²) >= 11 is 0. The lowest BCUT2D eigenvalue weighted by Crippen LogP contribution is -2.47. The molecule has 2 aromatic carbocycles. The maximum absolute atomic E-state index is 5.35. The van der Waals surface area contributed by atoms with E-state index < -0.39 is 0 Å². The second-order valence-corrected chi connectivity index (χ2v) is 7.44. The summed E-state index contributed by atoms with van der Waals surface area (Å²) in [6, 6.07) is 15.0. The zero-order valence-electron chi connectivity index (χ0n) is 16.6. The van der Waals surface area contributed by atoms with Crippen molar-refractivity contribution in [1.29, 1.82) is 0 Å². The molecule has 2 heterocycles. The van der Waals surface area contributed by atoms with E-state index in [4.69, 9.17) is 9.72 Å². The molecule has 1 aliphatic rings. The number of aryl methyl sites for hydroxylation is 3. The smallest absolute Gasteiger partial charge is 0.129 e. The summed E-state index contributed by atoms with van der Waals surface area (Å²) in [4.78, 5) is 9.82. The molecule has 0 unspecified atom stereocenters. The van der Waals surface area contributed by atoms with Crippen LogP contribution >= 0.6 is 0 Å². The average Bonchev–Trinajstić information content (AvgIpc) is 2.69. The maximum Gasteiger partial charge on any atom is 0.129 e. The first-order valence-corrected chi connectivity index (χ1v) is 9.58. The van der Waals surface area contributed by atoms with Gasteiger partial charge in [-0.3, -0.25) is 0 Å². The first-order valence-electron chi connectivity index (χ1n) is 9.58. The van der Waals surface area contributed by atoms with Gasteiger partial charge in [-0.15, -0.1) is 0 Å². The Labute approximate surface area is 161 Å². The molecule has 0 saturated carbocycles. The molecule has 0 amide bonds. The minimum absolute atomic E-state index is 0.877. The van der Waals surface area contributed by atoms with Gasteiger partial charge in [-0.25, -0.2) is 4.98 Å². The van der Waals surface area contributed by atoms with Crippen molar-refractivity contribution in [2.24, 2.45) is 0 Å². The summed E-state index contributed by atoms with van der Waals surface area (Å²) in [5, 5.41) is 1.16. The Morgan fingerprint density at radius 1 is 0.815 bits per heavy atom. The number of fused-ring (bicyclic) bond motifs is 1. The van der Waals surface area contributed by atoms with Gasteiger partial charge in [0.2, 0.25) is 0 Å². The highest BCUT2D eigenvalue weighted by atomic mass is 16.5. The number of nitrogens with zero attached hydrogens (tertiary/aromatic N) is 3. The van der Waals surface area contributed by atoms with Crippen LogP contribution in [0, 0.1) is 20.8 Å². The molecule has 0 bridgehead atoms. The van der Waals surface area contributed by atoms with Crippen molar-refractivity contribution in [2.45, 2.75) is 20.8 Å². The molecule has 1 saturated heterocycles. The van der Waals surface area contributed by atoms with Gasteiger partial charge in [-0.2, -0.15) is 0 Å². The lowest BCUT2D eigenvalue weighted by Gasteiger charge is -2.37. The molecular weight excluding hydrogens is 334 g/mol. The summed E-state index contributed by atoms with van der Waals surface area (Å²) in [5.74, 6) is 1.95. The second kappa shape index (κ2) is 7.10. The van der Waals surface area contributed by atoms with Crippen LogP contribution in [0.4, 0.5) is 11.5 Å². The Morgan fingerprint density at radius 3 is 2.30 bits per heavy atom. The molecule has 3 aromatic rings. The highest BCUT2D eigenvalue weighted by Crippen LogP contribution is 2.28. The zero-order valence-corrected chi connectivity index (χ0v) is 16.6. The molecule has 4 heteroatoms. The van der Waals surface area contributed by atoms with E-state index in [2.05, 4.69) is 67.0 Å². The van der Waals surface area contributed by atoms with E-state index in [9.17, 15) is 0 Å². The fourth-order valence-electron chi connectivity index (χ4n) is 3.88. The minimum atomic E-state index is 0.877. The second-order valence-electron chi connectivity index (χ2n) is 7.44. The van der Waals surface area contributed by atoms with Crippen LogP contribution in [0.2, 0.25) is 0 Å². The molecule has 0 N–H and O–H groups in total. The number of piperazine rings is 1. The number of pyridine rings is 1. The standard InChI is InChI=1S/C23H27N3O/c1-16-5-6-17(2)22(13-16)25-9-11-26(12-10-25)23-14-18(3)20-15-19(27-4)7-8-21(20)24-23/h5-8,13-15H,9-12H2,1-4H3. The Bertz CT molecular complexity index is 975. The predicted molar refractivity (Wildman–Crippen MR) is 113 cm³/mol. The van der Waals surface area contributed by atoms with Crippen molar-refractivity contribution >= 4 is 22.4 Å². The van der Waals surface area contributed by atoms with Gasteiger partial charge in [0.15, 0.2) is 0 Å². The van der Waals surface area contributed by atoms with Crippen LogP contribution in [0.25, 0.3) is 10.9 Å². The fraction of sp³-hybridized carbons (Fsp3) is 0.348. The topological polar surface area (TPSA) is 28.6 Å². The maximum atomic E-state index is 5.35. The van der Waals surface area contributed by atoms with Crippen LogP contribution in [0.1, 0.15) is 16.7 Å². The van der Waals surface area contributed by atoms with Gasteiger partial charge in [0, 0.05) is 37.3 Å². The van der Waals surface area contributed by atoms with Gasteiger partial charge in [0.05, 0.1) is 12.6 Å². The van der Waals surface area contributed by atoms with E-state index in [0.29, 0.717) is 0 Å². The monoisotopic (exact) mass is 361 g/mol. The van der Waals surface area contributed by atoms with Gasteiger partial charge in [-0.1, -0.05) is 12.1 Å². The van der Waals surface area contributed by atoms with E-state index in [1.807, 2.05) is 6.07 Å². The summed E-state index contributed by atoms with van der Waals surface area (Å²) in [6.45, 7) is 10.5. The molecule has 0 atom stereocenters. The number of rotatable bonds is 3. The summed E-state index contributed by atoms with van der Waals surface area (Å²) in [6.07, 6.45) is 0. The molecule has 0 radical (unpaired) electrons. The molecule has 0 spiro atoms. The van der Waals surface area contributed by atoms with Crippen LogP contribution in [0.5, 0.6) is 5.75 Å². The molecule has 1 aliphatic heterocycles. The van der Waals surface area contributed by atoms with Gasteiger partial charge in [-0.05, 0) is 67.8 Å². The van der Waals surface area contributed by atoms with Gasteiger partial charge in [0.1, 0.15) is 11.6 Å². The number of anilines is 2. The van der Waals surface area contributed by atoms with Gasteiger partial charge < -0.3 is 14.5 Å². The summed E-state index contributed by atoms with van der Waals surface area (Å²) in [7, 11) is 1.70. The third-order valence-corrected chi connectivity index (χ3v) is 5.52. The van der Waals surface area contributed by atoms with Gasteiger partial charge >= 0.3 is 0 Å². The first-order chi connectivity index (χ1) is 13.0. The fourth-order valence-corrected chi connectivity index (χ4v) is 3.88. The molecule has 4 nitrogen and oxygen atoms in total. The molecule has 140 valence electrons. The Hall–Kier alpha value is -2.75. The Kier molecular flexibility index (Phi) is 4.65. The zero-order chi connectivity index (χ0) is 19.0. The number of hydrogen-bond donors (Lipinski definition) is 0. The van der Waals surface area contributed by atoms with Crippen LogP contribution in [0.15, 0.2) is 42.5 Å². The quantitative estimate of drug-likeness (QED) is 0.687. The van der Waals surface area contributed by atoms with Crippen molar-refractivity contribution in [1.82, 2.24) is 4.98 Å². The third-order valence-electron chi connectivity index (χ3n) is 5.52. The Balaban J connectivity index is 1.55. The number of hydrogen-bond acceptors (Lipinski definition) is 4. The van der Waals surface area contributed by atoms with E-state index in [0.717, 1.165) is 48.6 Å². The molecular formula is C23H27N3O. The summed E-state index contributed by atoms with van der Waals surface area (Å²) in [5.41, 5.74) is 6.31. The minimum Gasteiger partial charge on any atom is -0.497 e. The van der Waals surface area contributed by atoms with Crippen molar-refractivity contribution in [3.63, 3.8) is 0 Å². The number of methoxy groups -OCH3 is 1. The lowest BCUT2D eigenvalue weighted by atomic mass is 10.1. The van der Waals surface area contributed by atoms with Crippen LogP contribution in [0.3, 0.4) is 0 Å². The van der Waals surface area contributed by atoms with Crippen molar-refractivity contribution < 1.29 is 4.74 Å².